The fourth-order valence-corrected chi connectivity index (χ4v) is 1.84. The second kappa shape index (κ2) is 8.59. The van der Waals surface area contributed by atoms with E-state index < -0.39 is 0 Å². The summed E-state index contributed by atoms with van der Waals surface area (Å²) in [7, 11) is 4.14. The van der Waals surface area contributed by atoms with Crippen LogP contribution in [0.1, 0.15) is 31.4 Å². The van der Waals surface area contributed by atoms with Crippen LogP contribution in [0.25, 0.3) is 0 Å². The van der Waals surface area contributed by atoms with Gasteiger partial charge in [0.15, 0.2) is 5.96 Å². The zero-order valence-corrected chi connectivity index (χ0v) is 13.2. The fourth-order valence-electron chi connectivity index (χ4n) is 1.84. The van der Waals surface area contributed by atoms with Gasteiger partial charge in [-0.05, 0) is 37.6 Å². The minimum absolute atomic E-state index is 0.531. The third kappa shape index (κ3) is 7.14. The van der Waals surface area contributed by atoms with Gasteiger partial charge in [0.25, 0.3) is 0 Å². The quantitative estimate of drug-likeness (QED) is 0.593. The Balaban J connectivity index is 2.40. The minimum Gasteiger partial charge on any atom is -0.370 e. The van der Waals surface area contributed by atoms with Crippen LogP contribution in [0.2, 0.25) is 0 Å². The van der Waals surface area contributed by atoms with Crippen LogP contribution >= 0.6 is 0 Å². The molecular weight excluding hydrogens is 248 g/mol. The van der Waals surface area contributed by atoms with Gasteiger partial charge in [-0.15, -0.1) is 0 Å². The van der Waals surface area contributed by atoms with Crippen molar-refractivity contribution in [1.82, 2.24) is 10.2 Å². The first-order chi connectivity index (χ1) is 9.47. The number of guanidine groups is 1. The molecule has 20 heavy (non-hydrogen) atoms. The van der Waals surface area contributed by atoms with Crippen LogP contribution < -0.4 is 11.1 Å². The molecular formula is C16H28N4. The van der Waals surface area contributed by atoms with E-state index in [2.05, 4.69) is 67.4 Å². The highest BCUT2D eigenvalue weighted by atomic mass is 15.1. The summed E-state index contributed by atoms with van der Waals surface area (Å²) in [6.07, 6.45) is 1.11. The lowest BCUT2D eigenvalue weighted by molar-refractivity contribution is 0.402. The van der Waals surface area contributed by atoms with Gasteiger partial charge in [0.1, 0.15) is 0 Å². The van der Waals surface area contributed by atoms with Gasteiger partial charge in [-0.3, -0.25) is 0 Å². The van der Waals surface area contributed by atoms with Crippen molar-refractivity contribution in [3.63, 3.8) is 0 Å². The average molecular weight is 276 g/mol. The zero-order chi connectivity index (χ0) is 15.0. The van der Waals surface area contributed by atoms with Crippen molar-refractivity contribution in [3.05, 3.63) is 35.4 Å². The van der Waals surface area contributed by atoms with Crippen molar-refractivity contribution in [2.75, 3.05) is 20.6 Å². The average Bonchev–Trinajstić information content (AvgIpc) is 2.37. The monoisotopic (exact) mass is 276 g/mol. The van der Waals surface area contributed by atoms with Crippen LogP contribution in [-0.4, -0.2) is 31.5 Å². The summed E-state index contributed by atoms with van der Waals surface area (Å²) in [6.45, 7) is 6.87. The molecule has 0 fully saturated rings. The zero-order valence-electron chi connectivity index (χ0n) is 13.2. The molecule has 0 amide bonds. The van der Waals surface area contributed by atoms with Crippen LogP contribution in [0, 0.1) is 5.92 Å². The van der Waals surface area contributed by atoms with E-state index in [9.17, 15) is 0 Å². The SMILES string of the molecule is CC(C)CCNC(N)=NCc1ccc(CN(C)C)cc1. The van der Waals surface area contributed by atoms with E-state index in [0.717, 1.165) is 19.5 Å². The number of hydrogen-bond donors (Lipinski definition) is 2. The number of nitrogens with zero attached hydrogens (tertiary/aromatic N) is 2. The highest BCUT2D eigenvalue weighted by Crippen LogP contribution is 2.07. The lowest BCUT2D eigenvalue weighted by atomic mass is 10.1. The Bertz CT molecular complexity index is 407. The number of nitrogens with one attached hydrogen (secondary N) is 1. The Hall–Kier alpha value is -1.55. The van der Waals surface area contributed by atoms with Crippen molar-refractivity contribution >= 4 is 5.96 Å². The molecule has 0 aliphatic rings. The van der Waals surface area contributed by atoms with E-state index in [1.54, 1.807) is 0 Å². The van der Waals surface area contributed by atoms with Gasteiger partial charge in [0.2, 0.25) is 0 Å². The van der Waals surface area contributed by atoms with Crippen LogP contribution in [0.3, 0.4) is 0 Å². The van der Waals surface area contributed by atoms with Gasteiger partial charge in [-0.1, -0.05) is 38.1 Å². The number of aliphatic imine (C=N–C) groups is 1. The van der Waals surface area contributed by atoms with E-state index >= 15 is 0 Å². The van der Waals surface area contributed by atoms with E-state index in [0.29, 0.717) is 18.4 Å². The first-order valence-electron chi connectivity index (χ1n) is 7.23. The molecule has 0 heterocycles. The first kappa shape index (κ1) is 16.5. The molecule has 0 aromatic heterocycles. The van der Waals surface area contributed by atoms with Gasteiger partial charge in [0, 0.05) is 13.1 Å². The predicted molar refractivity (Wildman–Crippen MR) is 86.6 cm³/mol. The summed E-state index contributed by atoms with van der Waals surface area (Å²) in [4.78, 5) is 6.51. The van der Waals surface area contributed by atoms with Crippen LogP contribution in [0.15, 0.2) is 29.3 Å². The summed E-state index contributed by atoms with van der Waals surface area (Å²) >= 11 is 0. The Labute approximate surface area is 123 Å². The minimum atomic E-state index is 0.531. The molecule has 0 saturated heterocycles. The number of rotatable bonds is 7. The Morgan fingerprint density at radius 1 is 1.20 bits per heavy atom. The Morgan fingerprint density at radius 3 is 2.35 bits per heavy atom. The molecule has 4 nitrogen and oxygen atoms in total. The molecule has 0 radical (unpaired) electrons. The molecule has 112 valence electrons. The third-order valence-corrected chi connectivity index (χ3v) is 2.98. The summed E-state index contributed by atoms with van der Waals surface area (Å²) in [5, 5.41) is 3.14. The first-order valence-corrected chi connectivity index (χ1v) is 7.23. The Kier molecular flexibility index (Phi) is 7.09. The van der Waals surface area contributed by atoms with E-state index in [1.165, 1.54) is 11.1 Å². The molecule has 0 bridgehead atoms. The van der Waals surface area contributed by atoms with Gasteiger partial charge < -0.3 is 16.0 Å². The van der Waals surface area contributed by atoms with Crippen molar-refractivity contribution in [3.8, 4) is 0 Å². The van der Waals surface area contributed by atoms with Gasteiger partial charge in [0.05, 0.1) is 6.54 Å². The molecule has 0 aliphatic heterocycles. The summed E-state index contributed by atoms with van der Waals surface area (Å²) in [6, 6.07) is 8.52. The lowest BCUT2D eigenvalue weighted by Crippen LogP contribution is -2.32. The maximum atomic E-state index is 5.84. The van der Waals surface area contributed by atoms with E-state index in [1.807, 2.05) is 0 Å². The largest absolute Gasteiger partial charge is 0.370 e. The second-order valence-electron chi connectivity index (χ2n) is 5.87. The maximum Gasteiger partial charge on any atom is 0.188 e. The summed E-state index contributed by atoms with van der Waals surface area (Å²) < 4.78 is 0. The highest BCUT2D eigenvalue weighted by Gasteiger charge is 1.98. The van der Waals surface area contributed by atoms with Crippen molar-refractivity contribution in [2.24, 2.45) is 16.6 Å². The molecule has 0 atom stereocenters. The molecule has 0 unspecified atom stereocenters. The van der Waals surface area contributed by atoms with E-state index in [4.69, 9.17) is 5.73 Å². The van der Waals surface area contributed by atoms with Crippen LogP contribution in [0.4, 0.5) is 0 Å². The molecule has 0 aliphatic carbocycles. The normalized spacial score (nSPS) is 12.2. The Morgan fingerprint density at radius 2 is 1.80 bits per heavy atom. The smallest absolute Gasteiger partial charge is 0.188 e. The van der Waals surface area contributed by atoms with Crippen molar-refractivity contribution in [1.29, 1.82) is 0 Å². The lowest BCUT2D eigenvalue weighted by Gasteiger charge is -2.10. The van der Waals surface area contributed by atoms with Gasteiger partial charge in [-0.2, -0.15) is 0 Å². The summed E-state index contributed by atoms with van der Waals surface area (Å²) in [5.74, 6) is 1.21. The van der Waals surface area contributed by atoms with Gasteiger partial charge in [-0.25, -0.2) is 4.99 Å². The standard InChI is InChI=1S/C16H28N4/c1-13(2)9-10-18-16(17)19-11-14-5-7-15(8-6-14)12-20(3)4/h5-8,13H,9-12H2,1-4H3,(H3,17,18,19). The van der Waals surface area contributed by atoms with Crippen LogP contribution in [0.5, 0.6) is 0 Å². The predicted octanol–water partition coefficient (Wildman–Crippen LogP) is 2.20. The van der Waals surface area contributed by atoms with Crippen molar-refractivity contribution in [2.45, 2.75) is 33.4 Å². The maximum absolute atomic E-state index is 5.84. The third-order valence-electron chi connectivity index (χ3n) is 2.98. The second-order valence-corrected chi connectivity index (χ2v) is 5.87. The molecule has 0 spiro atoms. The molecule has 0 saturated carbocycles. The fraction of sp³-hybridized carbons (Fsp3) is 0.562. The molecule has 1 aromatic rings. The highest BCUT2D eigenvalue weighted by molar-refractivity contribution is 5.77. The van der Waals surface area contributed by atoms with Gasteiger partial charge >= 0.3 is 0 Å². The van der Waals surface area contributed by atoms with Crippen LogP contribution in [-0.2, 0) is 13.1 Å². The molecule has 4 heteroatoms. The summed E-state index contributed by atoms with van der Waals surface area (Å²) in [5.41, 5.74) is 8.33. The molecule has 3 N–H and O–H groups in total. The number of hydrogen-bond acceptors (Lipinski definition) is 2. The number of benzene rings is 1. The van der Waals surface area contributed by atoms with Crippen molar-refractivity contribution < 1.29 is 0 Å². The van der Waals surface area contributed by atoms with E-state index in [-0.39, 0.29) is 0 Å². The topological polar surface area (TPSA) is 53.6 Å². The number of nitrogens with two attached hydrogens (primary N) is 1. The molecule has 1 aromatic carbocycles. The molecule has 1 rings (SSSR count).